The number of rotatable bonds is 6. The van der Waals surface area contributed by atoms with Crippen molar-refractivity contribution in [2.24, 2.45) is 0 Å². The third kappa shape index (κ3) is 4.52. The molecule has 2 heterocycles. The number of nitrogen functional groups attached to an aromatic ring is 1. The van der Waals surface area contributed by atoms with Crippen LogP contribution in [0.2, 0.25) is 5.02 Å². The molecule has 2 aromatic heterocycles. The average molecular weight is 455 g/mol. The van der Waals surface area contributed by atoms with Crippen LogP contribution in [-0.2, 0) is 6.61 Å². The molecule has 1 fully saturated rings. The number of pyridine rings is 1. The molecule has 1 aromatic carbocycles. The van der Waals surface area contributed by atoms with Gasteiger partial charge in [0.15, 0.2) is 5.13 Å². The number of nitrogens with two attached hydrogens (primary N) is 1. The predicted octanol–water partition coefficient (Wildman–Crippen LogP) is 5.50. The molecule has 160 valence electrons. The monoisotopic (exact) mass is 454 g/mol. The zero-order valence-corrected chi connectivity index (χ0v) is 17.8. The number of nitrogens with one attached hydrogen (secondary N) is 1. The van der Waals surface area contributed by atoms with E-state index in [4.69, 9.17) is 26.8 Å². The second-order valence-corrected chi connectivity index (χ2v) is 8.65. The zero-order valence-electron chi connectivity index (χ0n) is 16.3. The summed E-state index contributed by atoms with van der Waals surface area (Å²) < 4.78 is 39.6. The second-order valence-electron chi connectivity index (χ2n) is 7.24. The Bertz CT molecular complexity index is 1060. The maximum absolute atomic E-state index is 13.7. The fourth-order valence-corrected chi connectivity index (χ4v) is 4.67. The molecule has 1 aliphatic carbocycles. The second kappa shape index (κ2) is 8.39. The maximum atomic E-state index is 13.7. The summed E-state index contributed by atoms with van der Waals surface area (Å²) in [6.45, 7) is 0.210. The molecule has 0 bridgehead atoms. The van der Waals surface area contributed by atoms with Gasteiger partial charge < -0.3 is 20.5 Å². The average Bonchev–Trinajstić information content (AvgIpc) is 3.10. The molecule has 3 N–H and O–H groups in total. The molecule has 1 atom stereocenters. The molecular formula is C20H21ClF2N4O2S. The van der Waals surface area contributed by atoms with Gasteiger partial charge in [-0.2, -0.15) is 0 Å². The van der Waals surface area contributed by atoms with Crippen LogP contribution in [0.25, 0.3) is 10.2 Å². The Hall–Kier alpha value is -2.39. The lowest BCUT2D eigenvalue weighted by atomic mass is 9.92. The minimum absolute atomic E-state index is 0.0489. The van der Waals surface area contributed by atoms with Gasteiger partial charge in [0, 0.05) is 36.7 Å². The highest BCUT2D eigenvalue weighted by molar-refractivity contribution is 7.22. The first-order valence-corrected chi connectivity index (χ1v) is 10.7. The minimum Gasteiger partial charge on any atom is -0.494 e. The van der Waals surface area contributed by atoms with Gasteiger partial charge in [0.05, 0.1) is 16.8 Å². The predicted molar refractivity (Wildman–Crippen MR) is 115 cm³/mol. The summed E-state index contributed by atoms with van der Waals surface area (Å²) in [5, 5.41) is 4.11. The molecule has 0 saturated heterocycles. The topological polar surface area (TPSA) is 82.3 Å². The number of halogens is 3. The van der Waals surface area contributed by atoms with Crippen molar-refractivity contribution in [1.29, 1.82) is 0 Å². The number of hydrogen-bond donors (Lipinski definition) is 2. The summed E-state index contributed by atoms with van der Waals surface area (Å²) in [7, 11) is 1.55. The van der Waals surface area contributed by atoms with Gasteiger partial charge in [-0.15, -0.1) is 0 Å². The Balaban J connectivity index is 1.54. The first-order valence-electron chi connectivity index (χ1n) is 9.49. The highest BCUT2D eigenvalue weighted by atomic mass is 35.5. The van der Waals surface area contributed by atoms with Crippen molar-refractivity contribution in [2.75, 3.05) is 18.2 Å². The van der Waals surface area contributed by atoms with Crippen molar-refractivity contribution in [2.45, 2.75) is 44.3 Å². The normalized spacial score (nSPS) is 18.3. The van der Waals surface area contributed by atoms with E-state index in [0.717, 1.165) is 4.70 Å². The number of thiazole rings is 1. The summed E-state index contributed by atoms with van der Waals surface area (Å²) in [6, 6.07) is 5.02. The third-order valence-corrected chi connectivity index (χ3v) is 6.38. The number of alkyl halides is 2. The maximum Gasteiger partial charge on any atom is 0.250 e. The molecule has 1 saturated carbocycles. The fourth-order valence-electron chi connectivity index (χ4n) is 3.52. The number of methoxy groups -OCH3 is 1. The van der Waals surface area contributed by atoms with Crippen molar-refractivity contribution < 1.29 is 18.3 Å². The highest BCUT2D eigenvalue weighted by Crippen LogP contribution is 2.39. The molecule has 6 nitrogen and oxygen atoms in total. The lowest BCUT2D eigenvalue weighted by Crippen LogP contribution is -2.34. The molecule has 30 heavy (non-hydrogen) atoms. The summed E-state index contributed by atoms with van der Waals surface area (Å²) in [6.07, 6.45) is 2.54. The Morgan fingerprint density at radius 3 is 3.00 bits per heavy atom. The molecule has 3 aromatic rings. The number of benzene rings is 1. The van der Waals surface area contributed by atoms with Crippen molar-refractivity contribution in [1.82, 2.24) is 9.97 Å². The van der Waals surface area contributed by atoms with Crippen LogP contribution < -0.4 is 20.5 Å². The third-order valence-electron chi connectivity index (χ3n) is 5.01. The van der Waals surface area contributed by atoms with Crippen LogP contribution in [-0.4, -0.2) is 29.0 Å². The fraction of sp³-hybridized carbons (Fsp3) is 0.400. The van der Waals surface area contributed by atoms with Gasteiger partial charge in [0.2, 0.25) is 5.92 Å². The van der Waals surface area contributed by atoms with E-state index in [1.54, 1.807) is 25.4 Å². The largest absolute Gasteiger partial charge is 0.494 e. The molecule has 0 amide bonds. The smallest absolute Gasteiger partial charge is 0.250 e. The van der Waals surface area contributed by atoms with Gasteiger partial charge in [-0.25, -0.2) is 18.7 Å². The number of ether oxygens (including phenoxy) is 2. The molecular weight excluding hydrogens is 434 g/mol. The van der Waals surface area contributed by atoms with Crippen LogP contribution in [0, 0.1) is 0 Å². The van der Waals surface area contributed by atoms with E-state index in [-0.39, 0.29) is 31.3 Å². The number of fused-ring (bicyclic) bond motifs is 1. The van der Waals surface area contributed by atoms with E-state index in [1.807, 2.05) is 6.07 Å². The van der Waals surface area contributed by atoms with Crippen molar-refractivity contribution >= 4 is 44.1 Å². The van der Waals surface area contributed by atoms with Gasteiger partial charge in [0.1, 0.15) is 29.4 Å². The Kier molecular flexibility index (Phi) is 5.84. The van der Waals surface area contributed by atoms with Crippen LogP contribution in [0.5, 0.6) is 11.5 Å². The lowest BCUT2D eigenvalue weighted by Gasteiger charge is -2.29. The molecule has 0 spiro atoms. The van der Waals surface area contributed by atoms with Gasteiger partial charge in [-0.3, -0.25) is 0 Å². The standard InChI is InChI=1S/C20H21ClF2N4O2S/c1-28-14-7-13(29-10-11-4-6-25-18(24)16(11)21)8-15-17(14)27-19(30-15)26-12-3-2-5-20(22,23)9-12/h4,6-8,12H,2-3,5,9-10H2,1H3,(H2,24,25)(H,26,27). The summed E-state index contributed by atoms with van der Waals surface area (Å²) in [4.78, 5) is 8.48. The van der Waals surface area contributed by atoms with Crippen LogP contribution in [0.4, 0.5) is 19.7 Å². The highest BCUT2D eigenvalue weighted by Gasteiger charge is 2.36. The number of aromatic nitrogens is 2. The zero-order chi connectivity index (χ0) is 21.3. The molecule has 1 unspecified atom stereocenters. The number of hydrogen-bond acceptors (Lipinski definition) is 7. The van der Waals surface area contributed by atoms with E-state index >= 15 is 0 Å². The van der Waals surface area contributed by atoms with Gasteiger partial charge >= 0.3 is 0 Å². The van der Waals surface area contributed by atoms with E-state index in [1.165, 1.54) is 11.3 Å². The minimum atomic E-state index is -2.62. The first kappa shape index (κ1) is 20.9. The summed E-state index contributed by atoms with van der Waals surface area (Å²) in [5.41, 5.74) is 7.10. The molecule has 4 rings (SSSR count). The van der Waals surface area contributed by atoms with Crippen molar-refractivity contribution in [3.8, 4) is 11.5 Å². The van der Waals surface area contributed by atoms with Gasteiger partial charge in [0.25, 0.3) is 0 Å². The van der Waals surface area contributed by atoms with Crippen LogP contribution in [0.3, 0.4) is 0 Å². The van der Waals surface area contributed by atoms with Crippen LogP contribution in [0.15, 0.2) is 24.4 Å². The Morgan fingerprint density at radius 2 is 2.23 bits per heavy atom. The van der Waals surface area contributed by atoms with E-state index in [2.05, 4.69) is 15.3 Å². The van der Waals surface area contributed by atoms with Crippen LogP contribution in [0.1, 0.15) is 31.2 Å². The van der Waals surface area contributed by atoms with E-state index in [0.29, 0.717) is 45.6 Å². The molecule has 1 aliphatic rings. The first-order chi connectivity index (χ1) is 14.3. The number of anilines is 2. The molecule has 0 radical (unpaired) electrons. The van der Waals surface area contributed by atoms with Gasteiger partial charge in [-0.1, -0.05) is 22.9 Å². The lowest BCUT2D eigenvalue weighted by molar-refractivity contribution is -0.0373. The summed E-state index contributed by atoms with van der Waals surface area (Å²) >= 11 is 7.55. The van der Waals surface area contributed by atoms with Gasteiger partial charge in [-0.05, 0) is 25.0 Å². The van der Waals surface area contributed by atoms with E-state index in [9.17, 15) is 8.78 Å². The molecule has 0 aliphatic heterocycles. The Morgan fingerprint density at radius 1 is 1.40 bits per heavy atom. The SMILES string of the molecule is COc1cc(OCc2ccnc(N)c2Cl)cc2sc(NC3CCCC(F)(F)C3)nc12. The van der Waals surface area contributed by atoms with Crippen LogP contribution >= 0.6 is 22.9 Å². The quantitative estimate of drug-likeness (QED) is 0.511. The number of nitrogens with zero attached hydrogens (tertiary/aromatic N) is 2. The summed E-state index contributed by atoms with van der Waals surface area (Å²) in [5.74, 6) is -1.26. The van der Waals surface area contributed by atoms with Crippen molar-refractivity contribution in [3.63, 3.8) is 0 Å². The molecule has 10 heteroatoms. The Labute approximate surface area is 181 Å². The van der Waals surface area contributed by atoms with E-state index < -0.39 is 5.92 Å². The van der Waals surface area contributed by atoms with Crippen molar-refractivity contribution in [3.05, 3.63) is 35.0 Å².